The number of rotatable bonds is 2. The van der Waals surface area contributed by atoms with Crippen LogP contribution in [0.1, 0.15) is 24.8 Å². The lowest BCUT2D eigenvalue weighted by molar-refractivity contribution is -0.126. The maximum absolute atomic E-state index is 12.2. The summed E-state index contributed by atoms with van der Waals surface area (Å²) in [6.07, 6.45) is 2.24. The van der Waals surface area contributed by atoms with Crippen molar-refractivity contribution < 1.29 is 4.79 Å². The van der Waals surface area contributed by atoms with Crippen molar-refractivity contribution in [3.8, 4) is 6.07 Å². The number of benzene rings is 1. The van der Waals surface area contributed by atoms with Gasteiger partial charge in [-0.15, -0.1) is 0 Å². The first kappa shape index (κ1) is 13.6. The highest BCUT2D eigenvalue weighted by molar-refractivity contribution is 9.11. The van der Waals surface area contributed by atoms with Crippen LogP contribution in [-0.4, -0.2) is 5.91 Å². The lowest BCUT2D eigenvalue weighted by Gasteiger charge is -2.33. The van der Waals surface area contributed by atoms with Gasteiger partial charge in [0.05, 0.1) is 11.8 Å². The van der Waals surface area contributed by atoms with E-state index in [1.807, 2.05) is 19.1 Å². The van der Waals surface area contributed by atoms with Crippen LogP contribution in [0.4, 0.5) is 5.69 Å². The molecule has 1 aromatic carbocycles. The molecular weight excluding hydrogens is 360 g/mol. The van der Waals surface area contributed by atoms with Gasteiger partial charge in [-0.1, -0.05) is 0 Å². The minimum absolute atomic E-state index is 0.207. The van der Waals surface area contributed by atoms with E-state index in [1.54, 1.807) is 0 Å². The number of anilines is 1. The van der Waals surface area contributed by atoms with E-state index in [2.05, 4.69) is 43.2 Å². The van der Waals surface area contributed by atoms with Gasteiger partial charge in [-0.2, -0.15) is 5.26 Å². The number of carbonyl (C=O) groups is 1. The summed E-state index contributed by atoms with van der Waals surface area (Å²) in [6, 6.07) is 6.00. The highest BCUT2D eigenvalue weighted by Gasteiger charge is 2.44. The third-order valence-electron chi connectivity index (χ3n) is 3.28. The summed E-state index contributed by atoms with van der Waals surface area (Å²) in [5.41, 5.74) is 0.946. The number of nitriles is 1. The molecule has 1 N–H and O–H groups in total. The van der Waals surface area contributed by atoms with Crippen LogP contribution >= 0.6 is 31.9 Å². The molecule has 0 saturated heterocycles. The van der Waals surface area contributed by atoms with Gasteiger partial charge in [0.1, 0.15) is 5.41 Å². The van der Waals surface area contributed by atoms with Crippen molar-refractivity contribution in [2.24, 2.45) is 5.41 Å². The van der Waals surface area contributed by atoms with Gasteiger partial charge in [-0.25, -0.2) is 0 Å². The number of halogens is 2. The molecule has 1 aliphatic carbocycles. The summed E-state index contributed by atoms with van der Waals surface area (Å²) in [4.78, 5) is 12.2. The van der Waals surface area contributed by atoms with Crippen molar-refractivity contribution in [1.82, 2.24) is 0 Å². The van der Waals surface area contributed by atoms with E-state index in [9.17, 15) is 4.79 Å². The second-order valence-corrected chi connectivity index (χ2v) is 6.31. The minimum atomic E-state index is -0.830. The summed E-state index contributed by atoms with van der Waals surface area (Å²) in [5.74, 6) is -0.207. The molecule has 18 heavy (non-hydrogen) atoms. The first-order valence-electron chi connectivity index (χ1n) is 5.67. The standard InChI is InChI=1S/C13H12Br2N2O/c1-8-5-9(14)11(10(15)6-8)17-12(18)13(7-16)3-2-4-13/h5-6H,2-4H2,1H3,(H,17,18). The molecule has 2 rings (SSSR count). The Morgan fingerprint density at radius 1 is 1.39 bits per heavy atom. The van der Waals surface area contributed by atoms with Crippen LogP contribution in [0, 0.1) is 23.7 Å². The zero-order valence-electron chi connectivity index (χ0n) is 9.89. The third-order valence-corrected chi connectivity index (χ3v) is 4.53. The van der Waals surface area contributed by atoms with Crippen molar-refractivity contribution in [2.45, 2.75) is 26.2 Å². The van der Waals surface area contributed by atoms with Gasteiger partial charge >= 0.3 is 0 Å². The maximum Gasteiger partial charge on any atom is 0.244 e. The SMILES string of the molecule is Cc1cc(Br)c(NC(=O)C2(C#N)CCC2)c(Br)c1. The Bertz CT molecular complexity index is 521. The van der Waals surface area contributed by atoms with Crippen molar-refractivity contribution in [1.29, 1.82) is 5.26 Å². The molecule has 0 aliphatic heterocycles. The number of hydrogen-bond donors (Lipinski definition) is 1. The second kappa shape index (κ2) is 5.02. The molecule has 0 bridgehead atoms. The van der Waals surface area contributed by atoms with Crippen LogP contribution in [0.3, 0.4) is 0 Å². The van der Waals surface area contributed by atoms with Crippen molar-refractivity contribution in [2.75, 3.05) is 5.32 Å². The van der Waals surface area contributed by atoms with Gasteiger partial charge in [-0.05, 0) is 75.7 Å². The van der Waals surface area contributed by atoms with Crippen molar-refractivity contribution in [3.05, 3.63) is 26.6 Å². The Morgan fingerprint density at radius 2 is 1.94 bits per heavy atom. The monoisotopic (exact) mass is 370 g/mol. The Hall–Kier alpha value is -0.860. The van der Waals surface area contributed by atoms with Crippen LogP contribution < -0.4 is 5.32 Å². The number of hydrogen-bond acceptors (Lipinski definition) is 2. The molecule has 0 atom stereocenters. The minimum Gasteiger partial charge on any atom is -0.323 e. The Labute approximate surface area is 123 Å². The van der Waals surface area contributed by atoms with Gasteiger partial charge < -0.3 is 5.32 Å². The Balaban J connectivity index is 2.25. The molecule has 1 aliphatic rings. The molecule has 0 aromatic heterocycles. The molecule has 0 spiro atoms. The molecule has 3 nitrogen and oxygen atoms in total. The summed E-state index contributed by atoms with van der Waals surface area (Å²) < 4.78 is 1.63. The lowest BCUT2D eigenvalue weighted by atomic mass is 9.69. The van der Waals surface area contributed by atoms with E-state index < -0.39 is 5.41 Å². The largest absolute Gasteiger partial charge is 0.323 e. The summed E-state index contributed by atoms with van der Waals surface area (Å²) in [7, 11) is 0. The number of amides is 1. The van der Waals surface area contributed by atoms with Gasteiger partial charge in [0.25, 0.3) is 0 Å². The fraction of sp³-hybridized carbons (Fsp3) is 0.385. The fourth-order valence-electron chi connectivity index (χ4n) is 1.97. The average molecular weight is 372 g/mol. The predicted molar refractivity (Wildman–Crippen MR) is 77.1 cm³/mol. The number of aryl methyl sites for hydroxylation is 1. The number of nitrogens with zero attached hydrogens (tertiary/aromatic N) is 1. The van der Waals surface area contributed by atoms with Crippen LogP contribution in [0.2, 0.25) is 0 Å². The summed E-state index contributed by atoms with van der Waals surface area (Å²) in [6.45, 7) is 1.98. The zero-order valence-corrected chi connectivity index (χ0v) is 13.1. The number of carbonyl (C=O) groups excluding carboxylic acids is 1. The van der Waals surface area contributed by atoms with E-state index in [4.69, 9.17) is 5.26 Å². The van der Waals surface area contributed by atoms with E-state index in [1.165, 1.54) is 0 Å². The molecule has 0 heterocycles. The fourth-order valence-corrected chi connectivity index (χ4v) is 3.59. The van der Waals surface area contributed by atoms with E-state index in [-0.39, 0.29) is 5.91 Å². The normalized spacial score (nSPS) is 16.6. The van der Waals surface area contributed by atoms with E-state index in [0.29, 0.717) is 18.5 Å². The summed E-state index contributed by atoms with van der Waals surface area (Å²) in [5, 5.41) is 12.0. The van der Waals surface area contributed by atoms with E-state index in [0.717, 1.165) is 20.9 Å². The lowest BCUT2D eigenvalue weighted by Crippen LogP contribution is -2.40. The van der Waals surface area contributed by atoms with Crippen LogP contribution in [0.5, 0.6) is 0 Å². The molecule has 1 fully saturated rings. The smallest absolute Gasteiger partial charge is 0.244 e. The Kier molecular flexibility index (Phi) is 3.79. The highest BCUT2D eigenvalue weighted by atomic mass is 79.9. The third kappa shape index (κ3) is 2.32. The maximum atomic E-state index is 12.2. The summed E-state index contributed by atoms with van der Waals surface area (Å²) >= 11 is 6.85. The molecule has 1 aromatic rings. The first-order chi connectivity index (χ1) is 8.48. The molecule has 1 amide bonds. The molecular formula is C13H12Br2N2O. The van der Waals surface area contributed by atoms with Crippen molar-refractivity contribution in [3.63, 3.8) is 0 Å². The molecule has 1 saturated carbocycles. The zero-order chi connectivity index (χ0) is 13.3. The van der Waals surface area contributed by atoms with Gasteiger partial charge in [-0.3, -0.25) is 4.79 Å². The average Bonchev–Trinajstić information content (AvgIpc) is 2.22. The topological polar surface area (TPSA) is 52.9 Å². The highest BCUT2D eigenvalue weighted by Crippen LogP contribution is 2.42. The molecule has 5 heteroatoms. The Morgan fingerprint density at radius 3 is 2.33 bits per heavy atom. The van der Waals surface area contributed by atoms with Crippen LogP contribution in [-0.2, 0) is 4.79 Å². The molecule has 0 radical (unpaired) electrons. The van der Waals surface area contributed by atoms with Gasteiger partial charge in [0.2, 0.25) is 5.91 Å². The van der Waals surface area contributed by atoms with Gasteiger partial charge in [0, 0.05) is 8.95 Å². The predicted octanol–water partition coefficient (Wildman–Crippen LogP) is 4.15. The van der Waals surface area contributed by atoms with Crippen molar-refractivity contribution >= 4 is 43.5 Å². The number of nitrogens with one attached hydrogen (secondary N) is 1. The van der Waals surface area contributed by atoms with Gasteiger partial charge in [0.15, 0.2) is 0 Å². The van der Waals surface area contributed by atoms with E-state index >= 15 is 0 Å². The van der Waals surface area contributed by atoms with Crippen LogP contribution in [0.25, 0.3) is 0 Å². The quantitative estimate of drug-likeness (QED) is 0.848. The van der Waals surface area contributed by atoms with Crippen LogP contribution in [0.15, 0.2) is 21.1 Å². The molecule has 0 unspecified atom stereocenters. The second-order valence-electron chi connectivity index (χ2n) is 4.61. The first-order valence-corrected chi connectivity index (χ1v) is 7.25. The molecule has 94 valence electrons.